The van der Waals surface area contributed by atoms with E-state index in [1.54, 1.807) is 0 Å². The molecule has 0 bridgehead atoms. The Balaban J connectivity index is 1.72. The van der Waals surface area contributed by atoms with E-state index in [2.05, 4.69) is 9.72 Å². The summed E-state index contributed by atoms with van der Waals surface area (Å²) in [7, 11) is 0. The van der Waals surface area contributed by atoms with Gasteiger partial charge in [-0.15, -0.1) is 24.5 Å². The first-order valence-corrected chi connectivity index (χ1v) is 10.2. The molecular formula is C21H12F4N2O6S. The number of aromatic amines is 1. The average Bonchev–Trinajstić information content (AvgIpc) is 3.18. The van der Waals surface area contributed by atoms with E-state index < -0.39 is 47.4 Å². The lowest BCUT2D eigenvalue weighted by atomic mass is 10.2. The molecule has 0 amide bonds. The standard InChI is InChI=1S/C21H12F4N2O6S/c22-12-6-5-11(32-8-10-3-1-2-4-15(10)33-21(23,24)25)7-14(12)27-18(28)16-13(26-20(27)31)9-34-17(16)19(29)30/h1-7,9H,8H2,(H,26,31)(H,29,30). The summed E-state index contributed by atoms with van der Waals surface area (Å²) in [6.45, 7) is -0.407. The molecule has 0 radical (unpaired) electrons. The van der Waals surface area contributed by atoms with Crippen LogP contribution in [0.25, 0.3) is 16.6 Å². The first-order chi connectivity index (χ1) is 16.0. The molecule has 0 aliphatic rings. The molecule has 0 aliphatic heterocycles. The summed E-state index contributed by atoms with van der Waals surface area (Å²) in [6, 6.07) is 8.27. The molecule has 0 fully saturated rings. The second-order valence-corrected chi connectivity index (χ2v) is 7.67. The Hall–Kier alpha value is -4.13. The maximum absolute atomic E-state index is 14.6. The van der Waals surface area contributed by atoms with Crippen LogP contribution in [-0.4, -0.2) is 27.0 Å². The minimum absolute atomic E-state index is 0.0114. The fraction of sp³-hybridized carbons (Fsp3) is 0.0952. The molecule has 34 heavy (non-hydrogen) atoms. The van der Waals surface area contributed by atoms with Crippen LogP contribution in [0.5, 0.6) is 11.5 Å². The van der Waals surface area contributed by atoms with Crippen molar-refractivity contribution in [2.75, 3.05) is 0 Å². The fourth-order valence-electron chi connectivity index (χ4n) is 3.18. The lowest BCUT2D eigenvalue weighted by molar-refractivity contribution is -0.275. The lowest BCUT2D eigenvalue weighted by Gasteiger charge is -2.14. The SMILES string of the molecule is O=C(O)c1scc2[nH]c(=O)n(-c3cc(OCc4ccccc4OC(F)(F)F)ccc3F)c(=O)c12. The highest BCUT2D eigenvalue weighted by Gasteiger charge is 2.32. The van der Waals surface area contributed by atoms with Crippen LogP contribution in [0, 0.1) is 5.82 Å². The lowest BCUT2D eigenvalue weighted by Crippen LogP contribution is -2.34. The van der Waals surface area contributed by atoms with E-state index >= 15 is 0 Å². The molecule has 176 valence electrons. The number of alkyl halides is 3. The number of thiophene rings is 1. The number of ether oxygens (including phenoxy) is 2. The number of carboxylic acids is 1. The third kappa shape index (κ3) is 4.50. The molecule has 0 spiro atoms. The Morgan fingerprint density at radius 2 is 1.88 bits per heavy atom. The van der Waals surface area contributed by atoms with Crippen LogP contribution in [0.1, 0.15) is 15.2 Å². The number of nitrogens with one attached hydrogen (secondary N) is 1. The summed E-state index contributed by atoms with van der Waals surface area (Å²) in [5.41, 5.74) is -2.59. The normalized spacial score (nSPS) is 11.5. The van der Waals surface area contributed by atoms with Gasteiger partial charge in [0.25, 0.3) is 5.56 Å². The van der Waals surface area contributed by atoms with E-state index in [9.17, 15) is 37.1 Å². The van der Waals surface area contributed by atoms with Crippen LogP contribution < -0.4 is 20.7 Å². The minimum Gasteiger partial charge on any atom is -0.489 e. The van der Waals surface area contributed by atoms with Gasteiger partial charge in [-0.05, 0) is 18.2 Å². The third-order valence-corrected chi connectivity index (χ3v) is 5.57. The highest BCUT2D eigenvalue weighted by molar-refractivity contribution is 7.13. The Kier molecular flexibility index (Phi) is 5.87. The molecule has 0 unspecified atom stereocenters. The predicted octanol–water partition coefficient (Wildman–Crippen LogP) is 4.06. The first-order valence-electron chi connectivity index (χ1n) is 9.31. The fourth-order valence-corrected chi connectivity index (χ4v) is 4.00. The van der Waals surface area contributed by atoms with E-state index in [4.69, 9.17) is 4.74 Å². The van der Waals surface area contributed by atoms with E-state index in [-0.39, 0.29) is 27.1 Å². The number of nitrogens with zero attached hydrogens (tertiary/aromatic N) is 1. The van der Waals surface area contributed by atoms with Crippen LogP contribution in [0.3, 0.4) is 0 Å². The number of benzene rings is 2. The molecule has 0 atom stereocenters. The Labute approximate surface area is 190 Å². The smallest absolute Gasteiger partial charge is 0.489 e. The van der Waals surface area contributed by atoms with Gasteiger partial charge in [0.1, 0.15) is 28.8 Å². The Bertz CT molecular complexity index is 1520. The van der Waals surface area contributed by atoms with E-state index in [0.29, 0.717) is 4.57 Å². The zero-order valence-electron chi connectivity index (χ0n) is 16.7. The molecule has 2 aromatic carbocycles. The topological polar surface area (TPSA) is 111 Å². The van der Waals surface area contributed by atoms with Gasteiger partial charge in [0.2, 0.25) is 0 Å². The first kappa shape index (κ1) is 23.0. The second-order valence-electron chi connectivity index (χ2n) is 6.79. The number of aromatic nitrogens is 2. The number of rotatable bonds is 6. The molecule has 0 saturated carbocycles. The molecule has 13 heteroatoms. The number of hydrogen-bond acceptors (Lipinski definition) is 6. The van der Waals surface area contributed by atoms with E-state index in [0.717, 1.165) is 35.6 Å². The van der Waals surface area contributed by atoms with Crippen molar-refractivity contribution in [1.29, 1.82) is 0 Å². The maximum atomic E-state index is 14.6. The van der Waals surface area contributed by atoms with Crippen molar-refractivity contribution >= 4 is 28.2 Å². The van der Waals surface area contributed by atoms with Gasteiger partial charge >= 0.3 is 18.0 Å². The van der Waals surface area contributed by atoms with Crippen molar-refractivity contribution in [2.24, 2.45) is 0 Å². The van der Waals surface area contributed by atoms with Crippen molar-refractivity contribution in [3.63, 3.8) is 0 Å². The Morgan fingerprint density at radius 1 is 1.15 bits per heavy atom. The molecule has 4 aromatic rings. The summed E-state index contributed by atoms with van der Waals surface area (Å²) < 4.78 is 62.2. The molecule has 0 saturated heterocycles. The average molecular weight is 496 g/mol. The van der Waals surface area contributed by atoms with Crippen LogP contribution in [0.2, 0.25) is 0 Å². The van der Waals surface area contributed by atoms with Gasteiger partial charge in [0.05, 0.1) is 16.6 Å². The van der Waals surface area contributed by atoms with Gasteiger partial charge in [-0.25, -0.2) is 18.5 Å². The third-order valence-electron chi connectivity index (χ3n) is 4.60. The summed E-state index contributed by atoms with van der Waals surface area (Å²) in [5.74, 6) is -2.96. The van der Waals surface area contributed by atoms with Gasteiger partial charge in [-0.3, -0.25) is 4.79 Å². The van der Waals surface area contributed by atoms with Crippen molar-refractivity contribution in [2.45, 2.75) is 13.0 Å². The molecule has 2 N–H and O–H groups in total. The Morgan fingerprint density at radius 3 is 2.59 bits per heavy atom. The largest absolute Gasteiger partial charge is 0.573 e. The van der Waals surface area contributed by atoms with E-state index in [1.807, 2.05) is 0 Å². The molecule has 4 rings (SSSR count). The number of carbonyl (C=O) groups is 1. The monoisotopic (exact) mass is 496 g/mol. The van der Waals surface area contributed by atoms with Crippen LogP contribution >= 0.6 is 11.3 Å². The number of aromatic carboxylic acids is 1. The highest BCUT2D eigenvalue weighted by atomic mass is 32.1. The van der Waals surface area contributed by atoms with Crippen LogP contribution in [0.15, 0.2) is 57.4 Å². The number of para-hydroxylation sites is 1. The van der Waals surface area contributed by atoms with Gasteiger partial charge in [-0.2, -0.15) is 0 Å². The number of H-pyrrole nitrogens is 1. The van der Waals surface area contributed by atoms with Gasteiger partial charge in [0, 0.05) is 17.0 Å². The van der Waals surface area contributed by atoms with Crippen LogP contribution in [0.4, 0.5) is 17.6 Å². The molecule has 2 aromatic heterocycles. The van der Waals surface area contributed by atoms with Crippen molar-refractivity contribution in [1.82, 2.24) is 9.55 Å². The van der Waals surface area contributed by atoms with Crippen LogP contribution in [-0.2, 0) is 6.61 Å². The molecule has 8 nitrogen and oxygen atoms in total. The minimum atomic E-state index is -4.92. The number of carboxylic acid groups (broad SMARTS) is 1. The van der Waals surface area contributed by atoms with Crippen molar-refractivity contribution < 1.29 is 36.9 Å². The van der Waals surface area contributed by atoms with Gasteiger partial charge in [0.15, 0.2) is 0 Å². The number of hydrogen-bond donors (Lipinski definition) is 2. The zero-order valence-corrected chi connectivity index (χ0v) is 17.5. The summed E-state index contributed by atoms with van der Waals surface area (Å²) >= 11 is 0.723. The predicted molar refractivity (Wildman–Crippen MR) is 112 cm³/mol. The maximum Gasteiger partial charge on any atom is 0.573 e. The molecule has 2 heterocycles. The quantitative estimate of drug-likeness (QED) is 0.390. The summed E-state index contributed by atoms with van der Waals surface area (Å²) in [5, 5.41) is 10.3. The van der Waals surface area contributed by atoms with E-state index in [1.165, 1.54) is 23.6 Å². The molecular weight excluding hydrogens is 484 g/mol. The van der Waals surface area contributed by atoms with Gasteiger partial charge in [-0.1, -0.05) is 18.2 Å². The zero-order chi connectivity index (χ0) is 24.6. The number of halogens is 4. The van der Waals surface area contributed by atoms with Crippen molar-refractivity contribution in [3.8, 4) is 17.2 Å². The number of fused-ring (bicyclic) bond motifs is 1. The highest BCUT2D eigenvalue weighted by Crippen LogP contribution is 2.28. The van der Waals surface area contributed by atoms with Crippen molar-refractivity contribution in [3.05, 3.63) is 84.9 Å². The summed E-state index contributed by atoms with van der Waals surface area (Å²) in [4.78, 5) is 38.8. The second kappa shape index (κ2) is 8.67. The molecule has 0 aliphatic carbocycles. The van der Waals surface area contributed by atoms with Gasteiger partial charge < -0.3 is 19.6 Å². The summed E-state index contributed by atoms with van der Waals surface area (Å²) in [6.07, 6.45) is -4.92.